The third-order valence-corrected chi connectivity index (χ3v) is 14.6. The van der Waals surface area contributed by atoms with Gasteiger partial charge in [0.05, 0.1) is 36.7 Å². The van der Waals surface area contributed by atoms with Crippen LogP contribution in [0.25, 0.3) is 0 Å². The Morgan fingerprint density at radius 2 is 0.909 bits per heavy atom. The van der Waals surface area contributed by atoms with E-state index in [4.69, 9.17) is 28.4 Å². The van der Waals surface area contributed by atoms with Crippen molar-refractivity contribution in [3.8, 4) is 34.5 Å². The van der Waals surface area contributed by atoms with Gasteiger partial charge in [-0.05, 0) is 65.7 Å². The van der Waals surface area contributed by atoms with Crippen molar-refractivity contribution in [2.24, 2.45) is 0 Å². The van der Waals surface area contributed by atoms with Crippen molar-refractivity contribution in [1.82, 2.24) is 19.6 Å². The molecule has 4 aliphatic heterocycles. The Bertz CT molecular complexity index is 2690. The smallest absolute Gasteiger partial charge is 0.265 e. The minimum atomic E-state index is -4.63. The number of ether oxygens (including phenoxy) is 6. The van der Waals surface area contributed by atoms with E-state index >= 15 is 0 Å². The second kappa shape index (κ2) is 18.6. The van der Waals surface area contributed by atoms with Gasteiger partial charge in [-0.1, -0.05) is 36.4 Å². The van der Waals surface area contributed by atoms with Crippen molar-refractivity contribution in [2.45, 2.75) is 22.9 Å². The van der Waals surface area contributed by atoms with E-state index in [1.54, 1.807) is 34.1 Å². The lowest BCUT2D eigenvalue weighted by molar-refractivity contribution is 0.0622. The monoisotopic (exact) mass is 940 g/mol. The van der Waals surface area contributed by atoms with Gasteiger partial charge in [0.25, 0.3) is 31.9 Å². The van der Waals surface area contributed by atoms with Crippen LogP contribution in [0.3, 0.4) is 0 Å². The molecule has 5 aromatic rings. The summed E-state index contributed by atoms with van der Waals surface area (Å²) in [5.74, 6) is 1.64. The van der Waals surface area contributed by atoms with E-state index in [-0.39, 0.29) is 59.4 Å². The van der Waals surface area contributed by atoms with Crippen molar-refractivity contribution in [2.75, 3.05) is 89.6 Å². The molecule has 4 aliphatic rings. The zero-order valence-electron chi connectivity index (χ0n) is 36.2. The molecule has 0 unspecified atom stereocenters. The molecular formula is C46H48N6O12S2. The average Bonchev–Trinajstić information content (AvgIpc) is 4.01. The van der Waals surface area contributed by atoms with Crippen LogP contribution in [0, 0.1) is 0 Å². The highest BCUT2D eigenvalue weighted by molar-refractivity contribution is 7.93. The Hall–Kier alpha value is -6.74. The number of rotatable bonds is 14. The summed E-state index contributed by atoms with van der Waals surface area (Å²) in [7, 11) is -6.79. The van der Waals surface area contributed by atoms with Gasteiger partial charge in [0.15, 0.2) is 23.0 Å². The molecule has 2 amide bonds. The Balaban J connectivity index is 0.885. The number of fused-ring (bicyclic) bond motifs is 2. The summed E-state index contributed by atoms with van der Waals surface area (Å²) in [6, 6.07) is 26.1. The van der Waals surface area contributed by atoms with Crippen molar-refractivity contribution in [1.29, 1.82) is 0 Å². The number of sulfonamides is 2. The average molecular weight is 941 g/mol. The number of hydrogen-bond acceptors (Lipinski definition) is 14. The van der Waals surface area contributed by atoms with Gasteiger partial charge in [-0.3, -0.25) is 28.8 Å². The molecule has 20 heteroatoms. The zero-order valence-corrected chi connectivity index (χ0v) is 37.9. The van der Waals surface area contributed by atoms with E-state index < -0.39 is 29.8 Å². The summed E-state index contributed by atoms with van der Waals surface area (Å²) in [5.41, 5.74) is 2.31. The lowest BCUT2D eigenvalue weighted by atomic mass is 10.1. The van der Waals surface area contributed by atoms with Crippen LogP contribution < -0.4 is 37.9 Å². The Labute approximate surface area is 382 Å². The lowest BCUT2D eigenvalue weighted by Crippen LogP contribution is -2.48. The molecule has 0 aliphatic carbocycles. The van der Waals surface area contributed by atoms with Crippen LogP contribution >= 0.6 is 0 Å². The summed E-state index contributed by atoms with van der Waals surface area (Å²) >= 11 is 0. The number of carbonyl (C=O) groups is 2. The molecule has 66 heavy (non-hydrogen) atoms. The molecule has 18 nitrogen and oxygen atoms in total. The van der Waals surface area contributed by atoms with Crippen LogP contribution in [0.5, 0.6) is 34.5 Å². The minimum Gasteiger partial charge on any atom is -0.495 e. The van der Waals surface area contributed by atoms with Gasteiger partial charge in [0.2, 0.25) is 13.6 Å². The number of para-hydroxylation sites is 2. The fourth-order valence-corrected chi connectivity index (χ4v) is 10.9. The first-order chi connectivity index (χ1) is 31.9. The largest absolute Gasteiger partial charge is 0.495 e. The highest BCUT2D eigenvalue weighted by atomic mass is 32.2. The first-order valence-electron chi connectivity index (χ1n) is 21.2. The molecule has 0 radical (unpaired) electrons. The number of benzene rings is 5. The van der Waals surface area contributed by atoms with Gasteiger partial charge >= 0.3 is 0 Å². The standard InChI is InChI=1S/C46H48N6O12S2/c1-59-41-25-42(60-2)44(66(57,58)48-36-10-6-4-8-34(36)46(54)52-21-17-50(18-22-52)28-32-12-14-38-40(24-32)64-30-62-38)26-43(41)65(55,56)47-35-9-5-3-7-33(35)45(53)51-19-15-49(16-20-51)27-31-11-13-37-39(23-31)63-29-61-37/h3-14,23-26,47-48H,15-22,27-30H2,1-2H3. The molecule has 346 valence electrons. The summed E-state index contributed by atoms with van der Waals surface area (Å²) in [6.07, 6.45) is 0. The zero-order chi connectivity index (χ0) is 46.0. The number of hydrogen-bond donors (Lipinski definition) is 2. The number of piperazine rings is 2. The van der Waals surface area contributed by atoms with Crippen LogP contribution in [-0.4, -0.2) is 128 Å². The van der Waals surface area contributed by atoms with Crippen molar-refractivity contribution < 1.29 is 54.8 Å². The summed E-state index contributed by atoms with van der Waals surface area (Å²) in [4.78, 5) is 34.6. The lowest BCUT2D eigenvalue weighted by Gasteiger charge is -2.35. The molecule has 0 aromatic heterocycles. The van der Waals surface area contributed by atoms with E-state index in [0.717, 1.165) is 23.3 Å². The molecule has 5 aromatic carbocycles. The summed E-state index contributed by atoms with van der Waals surface area (Å²) < 4.78 is 94.9. The normalized spacial score (nSPS) is 16.2. The number of nitrogens with one attached hydrogen (secondary N) is 2. The van der Waals surface area contributed by atoms with Gasteiger partial charge in [-0.25, -0.2) is 16.8 Å². The van der Waals surface area contributed by atoms with E-state index in [0.29, 0.717) is 88.4 Å². The first-order valence-corrected chi connectivity index (χ1v) is 24.2. The fraction of sp³-hybridized carbons (Fsp3) is 0.304. The molecular weight excluding hydrogens is 893 g/mol. The third kappa shape index (κ3) is 9.35. The maximum absolute atomic E-state index is 14.3. The Morgan fingerprint density at radius 3 is 1.32 bits per heavy atom. The van der Waals surface area contributed by atoms with Gasteiger partial charge in [-0.15, -0.1) is 0 Å². The number of carbonyl (C=O) groups excluding carboxylic acids is 2. The molecule has 2 fully saturated rings. The Morgan fingerprint density at radius 1 is 0.515 bits per heavy atom. The number of methoxy groups -OCH3 is 2. The number of amides is 2. The molecule has 0 bridgehead atoms. The fourth-order valence-electron chi connectivity index (χ4n) is 8.33. The molecule has 9 rings (SSSR count). The number of nitrogens with zero attached hydrogens (tertiary/aromatic N) is 4. The van der Waals surface area contributed by atoms with Gasteiger partial charge in [-0.2, -0.15) is 0 Å². The first kappa shape index (κ1) is 44.5. The van der Waals surface area contributed by atoms with E-state index in [1.165, 1.54) is 38.5 Å². The maximum atomic E-state index is 14.3. The topological polar surface area (TPSA) is 195 Å². The highest BCUT2D eigenvalue weighted by Gasteiger charge is 2.32. The second-order valence-corrected chi connectivity index (χ2v) is 19.3. The van der Waals surface area contributed by atoms with Gasteiger partial charge in [0, 0.05) is 71.5 Å². The van der Waals surface area contributed by atoms with Crippen molar-refractivity contribution in [3.05, 3.63) is 119 Å². The predicted molar refractivity (Wildman–Crippen MR) is 242 cm³/mol. The summed E-state index contributed by atoms with van der Waals surface area (Å²) in [6.45, 7) is 5.64. The van der Waals surface area contributed by atoms with E-state index in [2.05, 4.69) is 19.2 Å². The SMILES string of the molecule is COc1cc(OC)c(S(=O)(=O)Nc2ccccc2C(=O)N2CCN(Cc3ccc4c(c3)OCO4)CC2)cc1S(=O)(=O)Nc1ccccc1C(=O)N1CCN(Cc2ccc3c(c2)OCO3)CC1. The summed E-state index contributed by atoms with van der Waals surface area (Å²) in [5, 5.41) is 0. The number of anilines is 2. The molecule has 0 spiro atoms. The molecule has 0 saturated carbocycles. The van der Waals surface area contributed by atoms with Crippen LogP contribution in [0.4, 0.5) is 11.4 Å². The van der Waals surface area contributed by atoms with Crippen molar-refractivity contribution in [3.63, 3.8) is 0 Å². The van der Waals surface area contributed by atoms with Crippen molar-refractivity contribution >= 4 is 43.2 Å². The van der Waals surface area contributed by atoms with Crippen LogP contribution in [0.1, 0.15) is 31.8 Å². The molecule has 2 saturated heterocycles. The highest BCUT2D eigenvalue weighted by Crippen LogP contribution is 2.38. The van der Waals surface area contributed by atoms with E-state index in [9.17, 15) is 26.4 Å². The van der Waals surface area contributed by atoms with Gasteiger partial charge in [0.1, 0.15) is 21.3 Å². The molecule has 2 N–H and O–H groups in total. The quantitative estimate of drug-likeness (QED) is 0.156. The third-order valence-electron chi connectivity index (χ3n) is 11.8. The van der Waals surface area contributed by atoms with Gasteiger partial charge < -0.3 is 38.2 Å². The van der Waals surface area contributed by atoms with Crippen LogP contribution in [0.15, 0.2) is 107 Å². The second-order valence-electron chi connectivity index (χ2n) is 16.0. The molecule has 4 heterocycles. The predicted octanol–water partition coefficient (Wildman–Crippen LogP) is 4.68. The Kier molecular flexibility index (Phi) is 12.5. The van der Waals surface area contributed by atoms with E-state index in [1.807, 2.05) is 36.4 Å². The van der Waals surface area contributed by atoms with Crippen LogP contribution in [-0.2, 0) is 33.1 Å². The maximum Gasteiger partial charge on any atom is 0.265 e. The molecule has 0 atom stereocenters. The van der Waals surface area contributed by atoms with Crippen LogP contribution in [0.2, 0.25) is 0 Å². The minimum absolute atomic E-state index is 0.00750.